The summed E-state index contributed by atoms with van der Waals surface area (Å²) in [6.45, 7) is -0.313. The number of rotatable bonds is 13. The largest absolute Gasteiger partial charge is 0.434 e. The Bertz CT molecular complexity index is 1600. The van der Waals surface area contributed by atoms with E-state index < -0.39 is 70.1 Å². The van der Waals surface area contributed by atoms with E-state index in [0.29, 0.717) is 16.7 Å². The van der Waals surface area contributed by atoms with E-state index in [1.54, 1.807) is 54.6 Å². The standard InChI is InChI=1S/C23H27N3O9S3/c1-36(29,30)19(22(28)23-25-17-10-6-7-11-18(17)35-23)12-13-24-20(27)14-21(26-37(2,31)32)38(33,34)15-16-8-4-3-5-9-16/h3-11,19,21,26H,12-15H2,1-2H3,(H,24,27). The molecule has 1 amide bonds. The molecule has 12 nitrogen and oxygen atoms in total. The lowest BCUT2D eigenvalue weighted by Gasteiger charge is -2.18. The third-order valence-electron chi connectivity index (χ3n) is 5.40. The van der Waals surface area contributed by atoms with Gasteiger partial charge in [-0.3, -0.25) is 9.59 Å². The summed E-state index contributed by atoms with van der Waals surface area (Å²) >= 11 is 0. The number of carbonyl (C=O) groups is 2. The summed E-state index contributed by atoms with van der Waals surface area (Å²) in [7, 11) is -12.1. The number of hydrogen-bond acceptors (Lipinski definition) is 10. The average Bonchev–Trinajstić information content (AvgIpc) is 3.24. The first-order valence-corrected chi connectivity index (χ1v) is 16.8. The second-order valence-electron chi connectivity index (χ2n) is 8.68. The van der Waals surface area contributed by atoms with Crippen LogP contribution in [0.1, 0.15) is 29.1 Å². The molecule has 206 valence electrons. The highest BCUT2D eigenvalue weighted by atomic mass is 32.2. The van der Waals surface area contributed by atoms with Crippen LogP contribution in [-0.2, 0) is 40.2 Å². The van der Waals surface area contributed by atoms with E-state index in [0.717, 1.165) is 12.5 Å². The SMILES string of the molecule is CS(=O)(=O)NC(CC(=O)NCCC(C(=O)c1nc2ccccc2o1)S(C)(=O)=O)S(=O)(=O)Cc1ccccc1. The molecular weight excluding hydrogens is 558 g/mol. The van der Waals surface area contributed by atoms with Gasteiger partial charge in [0.15, 0.2) is 25.3 Å². The van der Waals surface area contributed by atoms with Crippen LogP contribution in [0.5, 0.6) is 0 Å². The number of carbonyl (C=O) groups excluding carboxylic acids is 2. The van der Waals surface area contributed by atoms with E-state index in [-0.39, 0.29) is 13.0 Å². The number of nitrogens with zero attached hydrogens (tertiary/aromatic N) is 1. The Morgan fingerprint density at radius 2 is 1.55 bits per heavy atom. The molecule has 1 aromatic heterocycles. The van der Waals surface area contributed by atoms with E-state index in [2.05, 4.69) is 10.3 Å². The van der Waals surface area contributed by atoms with Crippen molar-refractivity contribution < 1.29 is 39.3 Å². The number of hydrogen-bond donors (Lipinski definition) is 2. The van der Waals surface area contributed by atoms with Gasteiger partial charge in [0, 0.05) is 12.8 Å². The van der Waals surface area contributed by atoms with Gasteiger partial charge in [-0.25, -0.2) is 30.2 Å². The molecule has 2 aromatic carbocycles. The summed E-state index contributed by atoms with van der Waals surface area (Å²) in [4.78, 5) is 29.4. The Hall–Kier alpha value is -3.14. The maximum Gasteiger partial charge on any atom is 0.265 e. The van der Waals surface area contributed by atoms with Gasteiger partial charge in [0.25, 0.3) is 5.89 Å². The van der Waals surface area contributed by atoms with Crippen molar-refractivity contribution in [1.82, 2.24) is 15.0 Å². The number of oxazole rings is 1. The topological polar surface area (TPSA) is 187 Å². The number of sulfone groups is 2. The highest BCUT2D eigenvalue weighted by Gasteiger charge is 2.34. The lowest BCUT2D eigenvalue weighted by molar-refractivity contribution is -0.121. The molecule has 3 rings (SSSR count). The Morgan fingerprint density at radius 3 is 2.16 bits per heavy atom. The quantitative estimate of drug-likeness (QED) is 0.272. The van der Waals surface area contributed by atoms with E-state index in [1.807, 2.05) is 4.72 Å². The zero-order valence-corrected chi connectivity index (χ0v) is 23.0. The molecular formula is C23H27N3O9S3. The van der Waals surface area contributed by atoms with Crippen LogP contribution in [0.25, 0.3) is 11.1 Å². The van der Waals surface area contributed by atoms with Gasteiger partial charge in [0.2, 0.25) is 21.7 Å². The molecule has 15 heteroatoms. The summed E-state index contributed by atoms with van der Waals surface area (Å²) in [6.07, 6.45) is 0.528. The predicted octanol–water partition coefficient (Wildman–Crippen LogP) is 0.810. The number of benzene rings is 2. The van der Waals surface area contributed by atoms with Gasteiger partial charge in [0.1, 0.15) is 16.1 Å². The van der Waals surface area contributed by atoms with Gasteiger partial charge in [-0.15, -0.1) is 0 Å². The zero-order valence-electron chi connectivity index (χ0n) is 20.5. The number of para-hydroxylation sites is 2. The molecule has 0 saturated heterocycles. The van der Waals surface area contributed by atoms with Gasteiger partial charge in [-0.1, -0.05) is 42.5 Å². The summed E-state index contributed by atoms with van der Waals surface area (Å²) < 4.78 is 81.4. The van der Waals surface area contributed by atoms with Crippen LogP contribution in [0.15, 0.2) is 59.0 Å². The number of amides is 1. The summed E-state index contributed by atoms with van der Waals surface area (Å²) in [5.74, 6) is -2.65. The van der Waals surface area contributed by atoms with Crippen molar-refractivity contribution >= 4 is 52.5 Å². The minimum absolute atomic E-state index is 0.303. The van der Waals surface area contributed by atoms with Gasteiger partial charge >= 0.3 is 0 Å². The summed E-state index contributed by atoms with van der Waals surface area (Å²) in [5.41, 5.74) is 1.08. The summed E-state index contributed by atoms with van der Waals surface area (Å²) in [5, 5.41) is -0.976. The van der Waals surface area contributed by atoms with Crippen LogP contribution in [0.4, 0.5) is 0 Å². The van der Waals surface area contributed by atoms with E-state index in [1.165, 1.54) is 0 Å². The lowest BCUT2D eigenvalue weighted by atomic mass is 10.2. The fourth-order valence-electron chi connectivity index (χ4n) is 3.63. The molecule has 0 aliphatic carbocycles. The van der Waals surface area contributed by atoms with Crippen LogP contribution in [-0.4, -0.2) is 71.6 Å². The molecule has 2 unspecified atom stereocenters. The number of ketones is 1. The molecule has 0 fully saturated rings. The number of nitrogens with one attached hydrogen (secondary N) is 2. The van der Waals surface area contributed by atoms with E-state index in [9.17, 15) is 34.8 Å². The maximum atomic E-state index is 12.9. The van der Waals surface area contributed by atoms with Crippen molar-refractivity contribution in [3.8, 4) is 0 Å². The highest BCUT2D eigenvalue weighted by molar-refractivity contribution is 7.93. The third kappa shape index (κ3) is 8.18. The molecule has 0 aliphatic heterocycles. The molecule has 1 heterocycles. The highest BCUT2D eigenvalue weighted by Crippen LogP contribution is 2.19. The molecule has 0 radical (unpaired) electrons. The smallest absolute Gasteiger partial charge is 0.265 e. The van der Waals surface area contributed by atoms with Crippen molar-refractivity contribution in [2.45, 2.75) is 29.2 Å². The minimum Gasteiger partial charge on any atom is -0.434 e. The number of aromatic nitrogens is 1. The van der Waals surface area contributed by atoms with Gasteiger partial charge in [0.05, 0.1) is 18.4 Å². The normalized spacial score (nSPS) is 14.2. The first-order valence-electron chi connectivity index (χ1n) is 11.2. The second-order valence-corrected chi connectivity index (χ2v) is 14.9. The fraction of sp³-hybridized carbons (Fsp3) is 0.348. The van der Waals surface area contributed by atoms with Crippen LogP contribution < -0.4 is 10.0 Å². The third-order valence-corrected chi connectivity index (χ3v) is 9.64. The molecule has 2 atom stereocenters. The molecule has 0 saturated carbocycles. The Morgan fingerprint density at radius 1 is 0.921 bits per heavy atom. The average molecular weight is 586 g/mol. The predicted molar refractivity (Wildman–Crippen MR) is 140 cm³/mol. The minimum atomic E-state index is -4.15. The van der Waals surface area contributed by atoms with Crippen molar-refractivity contribution in [2.24, 2.45) is 0 Å². The summed E-state index contributed by atoms with van der Waals surface area (Å²) in [6, 6.07) is 14.5. The Balaban J connectivity index is 1.69. The second kappa shape index (κ2) is 11.7. The molecule has 2 N–H and O–H groups in total. The van der Waals surface area contributed by atoms with Crippen molar-refractivity contribution in [2.75, 3.05) is 19.1 Å². The van der Waals surface area contributed by atoms with Crippen molar-refractivity contribution in [3.05, 3.63) is 66.1 Å². The maximum absolute atomic E-state index is 12.9. The van der Waals surface area contributed by atoms with Gasteiger partial charge in [-0.05, 0) is 24.1 Å². The monoisotopic (exact) mass is 585 g/mol. The van der Waals surface area contributed by atoms with Gasteiger partial charge < -0.3 is 9.73 Å². The molecule has 3 aromatic rings. The molecule has 0 aliphatic rings. The fourth-order valence-corrected chi connectivity index (χ4v) is 7.60. The van der Waals surface area contributed by atoms with E-state index >= 15 is 0 Å². The van der Waals surface area contributed by atoms with Crippen LogP contribution in [0.3, 0.4) is 0 Å². The number of fused-ring (bicyclic) bond motifs is 1. The van der Waals surface area contributed by atoms with Crippen LogP contribution in [0, 0.1) is 0 Å². The number of sulfonamides is 1. The molecule has 0 spiro atoms. The Labute approximate surface area is 220 Å². The lowest BCUT2D eigenvalue weighted by Crippen LogP contribution is -2.44. The zero-order chi connectivity index (χ0) is 28.1. The first-order chi connectivity index (χ1) is 17.7. The molecule has 0 bridgehead atoms. The molecule has 38 heavy (non-hydrogen) atoms. The Kier molecular flexibility index (Phi) is 9.07. The first kappa shape index (κ1) is 29.4. The van der Waals surface area contributed by atoms with Gasteiger partial charge in [-0.2, -0.15) is 4.72 Å². The van der Waals surface area contributed by atoms with E-state index in [4.69, 9.17) is 4.42 Å². The van der Waals surface area contributed by atoms with Crippen LogP contribution in [0.2, 0.25) is 0 Å². The van der Waals surface area contributed by atoms with Crippen LogP contribution >= 0.6 is 0 Å². The number of Topliss-reactive ketones (excluding diaryl/α,β-unsaturated/α-hetero) is 1. The van der Waals surface area contributed by atoms with Crippen molar-refractivity contribution in [1.29, 1.82) is 0 Å². The van der Waals surface area contributed by atoms with Crippen molar-refractivity contribution in [3.63, 3.8) is 0 Å².